The van der Waals surface area contributed by atoms with Crippen molar-refractivity contribution in [3.05, 3.63) is 23.8 Å². The highest BCUT2D eigenvalue weighted by molar-refractivity contribution is 6.00. The molecule has 1 aliphatic heterocycles. The molecule has 0 spiro atoms. The molecule has 3 rings (SSSR count). The number of fused-ring (bicyclic) bond motifs is 1. The second-order valence-corrected chi connectivity index (χ2v) is 6.10. The molecule has 2 aliphatic rings. The van der Waals surface area contributed by atoms with Gasteiger partial charge in [-0.2, -0.15) is 0 Å². The molecule has 2 atom stereocenters. The summed E-state index contributed by atoms with van der Waals surface area (Å²) in [6.45, 7) is 0.865. The van der Waals surface area contributed by atoms with Gasteiger partial charge in [0, 0.05) is 24.0 Å². The van der Waals surface area contributed by atoms with Crippen molar-refractivity contribution >= 4 is 17.3 Å². The number of hydrogen-bond acceptors (Lipinski definition) is 3. The Morgan fingerprint density at radius 2 is 1.85 bits per heavy atom. The fourth-order valence-electron chi connectivity index (χ4n) is 3.81. The molecule has 2 fully saturated rings. The van der Waals surface area contributed by atoms with Crippen molar-refractivity contribution in [3.8, 4) is 0 Å². The normalized spacial score (nSPS) is 26.1. The molecule has 1 aromatic rings. The highest BCUT2D eigenvalue weighted by Gasteiger charge is 2.36. The van der Waals surface area contributed by atoms with Crippen molar-refractivity contribution in [1.82, 2.24) is 4.90 Å². The van der Waals surface area contributed by atoms with E-state index in [0.717, 1.165) is 19.4 Å². The van der Waals surface area contributed by atoms with Gasteiger partial charge >= 0.3 is 0 Å². The number of nitrogens with zero attached hydrogens (tertiary/aromatic N) is 1. The van der Waals surface area contributed by atoms with E-state index in [1.54, 1.807) is 18.2 Å². The van der Waals surface area contributed by atoms with Gasteiger partial charge in [0.1, 0.15) is 0 Å². The molecule has 0 bridgehead atoms. The van der Waals surface area contributed by atoms with Crippen LogP contribution in [0, 0.1) is 5.92 Å². The zero-order valence-corrected chi connectivity index (χ0v) is 11.8. The third-order valence-corrected chi connectivity index (χ3v) is 4.81. The number of nitrogen functional groups attached to an aromatic ring is 2. The number of benzene rings is 1. The smallest absolute Gasteiger partial charge is 0.256 e. The fourth-order valence-corrected chi connectivity index (χ4v) is 3.81. The van der Waals surface area contributed by atoms with Crippen LogP contribution in [0.25, 0.3) is 0 Å². The maximum atomic E-state index is 12.8. The van der Waals surface area contributed by atoms with Crippen LogP contribution in [-0.2, 0) is 0 Å². The Labute approximate surface area is 120 Å². The molecular formula is C16H23N3O. The lowest BCUT2D eigenvalue weighted by Gasteiger charge is -2.44. The zero-order valence-electron chi connectivity index (χ0n) is 11.8. The van der Waals surface area contributed by atoms with Crippen molar-refractivity contribution in [3.63, 3.8) is 0 Å². The largest absolute Gasteiger partial charge is 0.399 e. The van der Waals surface area contributed by atoms with Crippen molar-refractivity contribution in [2.75, 3.05) is 18.0 Å². The minimum absolute atomic E-state index is 0.0825. The molecule has 4 nitrogen and oxygen atoms in total. The van der Waals surface area contributed by atoms with E-state index in [9.17, 15) is 4.79 Å². The average molecular weight is 273 g/mol. The summed E-state index contributed by atoms with van der Waals surface area (Å²) in [4.78, 5) is 14.9. The lowest BCUT2D eigenvalue weighted by molar-refractivity contribution is 0.0391. The van der Waals surface area contributed by atoms with Crippen LogP contribution in [0.2, 0.25) is 0 Å². The predicted octanol–water partition coefficient (Wildman–Crippen LogP) is 2.65. The van der Waals surface area contributed by atoms with Gasteiger partial charge in [-0.15, -0.1) is 0 Å². The van der Waals surface area contributed by atoms with Crippen molar-refractivity contribution in [2.45, 2.75) is 44.6 Å². The highest BCUT2D eigenvalue weighted by Crippen LogP contribution is 2.36. The zero-order chi connectivity index (χ0) is 14.1. The van der Waals surface area contributed by atoms with Crippen molar-refractivity contribution in [1.29, 1.82) is 0 Å². The monoisotopic (exact) mass is 273 g/mol. The van der Waals surface area contributed by atoms with Gasteiger partial charge < -0.3 is 16.4 Å². The number of piperidine rings is 1. The molecule has 1 amide bonds. The number of amides is 1. The van der Waals surface area contributed by atoms with E-state index >= 15 is 0 Å². The van der Waals surface area contributed by atoms with Crippen molar-refractivity contribution < 1.29 is 4.79 Å². The lowest BCUT2D eigenvalue weighted by Crippen LogP contribution is -2.49. The Hall–Kier alpha value is -1.71. The van der Waals surface area contributed by atoms with Gasteiger partial charge in [-0.3, -0.25) is 4.79 Å². The average Bonchev–Trinajstić information content (AvgIpc) is 2.46. The fraction of sp³-hybridized carbons (Fsp3) is 0.562. The summed E-state index contributed by atoms with van der Waals surface area (Å²) < 4.78 is 0. The molecule has 1 aliphatic carbocycles. The molecule has 1 saturated carbocycles. The maximum absolute atomic E-state index is 12.8. The Kier molecular flexibility index (Phi) is 3.55. The van der Waals surface area contributed by atoms with Crippen LogP contribution < -0.4 is 11.5 Å². The number of nitrogens with two attached hydrogens (primary N) is 2. The summed E-state index contributed by atoms with van der Waals surface area (Å²) >= 11 is 0. The Bertz CT molecular complexity index is 512. The van der Waals surface area contributed by atoms with E-state index < -0.39 is 0 Å². The maximum Gasteiger partial charge on any atom is 0.256 e. The third kappa shape index (κ3) is 2.35. The lowest BCUT2D eigenvalue weighted by atomic mass is 9.78. The Morgan fingerprint density at radius 3 is 2.65 bits per heavy atom. The minimum Gasteiger partial charge on any atom is -0.399 e. The molecular weight excluding hydrogens is 250 g/mol. The second kappa shape index (κ2) is 5.35. The van der Waals surface area contributed by atoms with Crippen LogP contribution in [0.5, 0.6) is 0 Å². The SMILES string of the molecule is Nc1ccc(C(=O)N2CCCC3CCCCC32)c(N)c1. The van der Waals surface area contributed by atoms with Gasteiger partial charge in [0.05, 0.1) is 5.56 Å². The molecule has 1 aromatic carbocycles. The minimum atomic E-state index is 0.0825. The molecule has 0 radical (unpaired) electrons. The first kappa shape index (κ1) is 13.3. The first-order valence-corrected chi connectivity index (χ1v) is 7.63. The number of likely N-dealkylation sites (tertiary alicyclic amines) is 1. The number of carbonyl (C=O) groups excluding carboxylic acids is 1. The number of rotatable bonds is 1. The summed E-state index contributed by atoms with van der Waals surface area (Å²) in [5.41, 5.74) is 13.4. The molecule has 1 heterocycles. The van der Waals surface area contributed by atoms with E-state index in [1.807, 2.05) is 0 Å². The van der Waals surface area contributed by atoms with Crippen LogP contribution in [0.4, 0.5) is 11.4 Å². The van der Waals surface area contributed by atoms with Gasteiger partial charge in [-0.25, -0.2) is 0 Å². The van der Waals surface area contributed by atoms with Gasteiger partial charge in [0.15, 0.2) is 0 Å². The quantitative estimate of drug-likeness (QED) is 0.773. The molecule has 2 unspecified atom stereocenters. The van der Waals surface area contributed by atoms with E-state index in [1.165, 1.54) is 25.7 Å². The number of hydrogen-bond donors (Lipinski definition) is 2. The van der Waals surface area contributed by atoms with Crippen LogP contribution in [0.1, 0.15) is 48.9 Å². The van der Waals surface area contributed by atoms with Crippen LogP contribution >= 0.6 is 0 Å². The Morgan fingerprint density at radius 1 is 1.10 bits per heavy atom. The molecule has 4 heteroatoms. The van der Waals surface area contributed by atoms with E-state index in [-0.39, 0.29) is 5.91 Å². The van der Waals surface area contributed by atoms with Crippen LogP contribution in [0.3, 0.4) is 0 Å². The van der Waals surface area contributed by atoms with Gasteiger partial charge in [-0.1, -0.05) is 12.8 Å². The second-order valence-electron chi connectivity index (χ2n) is 6.10. The first-order valence-electron chi connectivity index (χ1n) is 7.63. The van der Waals surface area contributed by atoms with Crippen LogP contribution in [0.15, 0.2) is 18.2 Å². The van der Waals surface area contributed by atoms with E-state index in [0.29, 0.717) is 28.9 Å². The molecule has 0 aromatic heterocycles. The number of anilines is 2. The first-order chi connectivity index (χ1) is 9.66. The van der Waals surface area contributed by atoms with Crippen molar-refractivity contribution in [2.24, 2.45) is 5.92 Å². The summed E-state index contributed by atoms with van der Waals surface area (Å²) in [6, 6.07) is 5.61. The summed E-state index contributed by atoms with van der Waals surface area (Å²) in [7, 11) is 0. The predicted molar refractivity (Wildman–Crippen MR) is 81.3 cm³/mol. The summed E-state index contributed by atoms with van der Waals surface area (Å²) in [5, 5.41) is 0. The molecule has 1 saturated heterocycles. The van der Waals surface area contributed by atoms with E-state index in [4.69, 9.17) is 11.5 Å². The van der Waals surface area contributed by atoms with Gasteiger partial charge in [0.2, 0.25) is 0 Å². The Balaban J connectivity index is 1.85. The molecule has 108 valence electrons. The van der Waals surface area contributed by atoms with Crippen LogP contribution in [-0.4, -0.2) is 23.4 Å². The third-order valence-electron chi connectivity index (χ3n) is 4.81. The standard InChI is InChI=1S/C16H23N3O/c17-12-7-8-13(14(18)10-12)16(20)19-9-3-5-11-4-1-2-6-15(11)19/h7-8,10-11,15H,1-6,9,17-18H2. The van der Waals surface area contributed by atoms with Gasteiger partial charge in [-0.05, 0) is 49.8 Å². The van der Waals surface area contributed by atoms with E-state index in [2.05, 4.69) is 4.90 Å². The summed E-state index contributed by atoms with van der Waals surface area (Å²) in [6.07, 6.45) is 7.35. The topological polar surface area (TPSA) is 72.4 Å². The molecule has 4 N–H and O–H groups in total. The molecule has 20 heavy (non-hydrogen) atoms. The summed E-state index contributed by atoms with van der Waals surface area (Å²) in [5.74, 6) is 0.774. The number of carbonyl (C=O) groups is 1. The van der Waals surface area contributed by atoms with Gasteiger partial charge in [0.25, 0.3) is 5.91 Å². The highest BCUT2D eigenvalue weighted by atomic mass is 16.2.